The maximum Gasteiger partial charge on any atom is 0.379 e. The monoisotopic (exact) mass is 322 g/mol. The zero-order valence-corrected chi connectivity index (χ0v) is 13.7. The van der Waals surface area contributed by atoms with Gasteiger partial charge in [0.15, 0.2) is 0 Å². The van der Waals surface area contributed by atoms with Crippen molar-refractivity contribution in [1.29, 1.82) is 0 Å². The van der Waals surface area contributed by atoms with Crippen LogP contribution in [-0.2, 0) is 23.8 Å². The van der Waals surface area contributed by atoms with Crippen molar-refractivity contribution in [3.63, 3.8) is 0 Å². The Morgan fingerprint density at radius 1 is 0.957 bits per heavy atom. The molecule has 0 radical (unpaired) electrons. The average Bonchev–Trinajstić information content (AvgIpc) is 2.48. The fourth-order valence-corrected chi connectivity index (χ4v) is 1.62. The average molecular weight is 322 g/mol. The van der Waals surface area contributed by atoms with Crippen LogP contribution >= 0.6 is 0 Å². The summed E-state index contributed by atoms with van der Waals surface area (Å²) in [5.41, 5.74) is -0.243. The number of carbonyl (C=O) groups excluding carboxylic acids is 3. The molecule has 0 aliphatic carbocycles. The van der Waals surface area contributed by atoms with Gasteiger partial charge in [-0.15, -0.1) is 0 Å². The van der Waals surface area contributed by atoms with Crippen molar-refractivity contribution >= 4 is 17.7 Å². The van der Waals surface area contributed by atoms with Crippen LogP contribution in [0.5, 0.6) is 0 Å². The molecule has 0 atom stereocenters. The summed E-state index contributed by atoms with van der Waals surface area (Å²) < 4.78 is 15.1. The minimum absolute atomic E-state index is 0.0499. The minimum Gasteiger partial charge on any atom is -0.460 e. The summed E-state index contributed by atoms with van der Waals surface area (Å²) in [5.74, 6) is -1.97. The number of ketones is 1. The maximum absolute atomic E-state index is 11.7. The molecule has 6 heteroatoms. The van der Waals surface area contributed by atoms with Crippen LogP contribution in [0, 0.1) is 0 Å². The molecule has 0 heterocycles. The number of hydrogen-bond acceptors (Lipinski definition) is 6. The predicted octanol–water partition coefficient (Wildman–Crippen LogP) is 2.16. The van der Waals surface area contributed by atoms with Crippen LogP contribution < -0.4 is 0 Å². The lowest BCUT2D eigenvalue weighted by atomic mass is 10.1. The van der Waals surface area contributed by atoms with E-state index in [1.807, 2.05) is 0 Å². The van der Waals surface area contributed by atoms with Gasteiger partial charge in [-0.2, -0.15) is 0 Å². The van der Waals surface area contributed by atoms with Crippen LogP contribution in [0.25, 0.3) is 0 Å². The quantitative estimate of drug-likeness (QED) is 0.316. The van der Waals surface area contributed by atoms with Crippen molar-refractivity contribution in [3.8, 4) is 0 Å². The highest BCUT2D eigenvalue weighted by Crippen LogP contribution is 2.08. The molecule has 126 valence electrons. The number of rotatable bonds is 8. The van der Waals surface area contributed by atoms with Gasteiger partial charge in [0.25, 0.3) is 5.78 Å². The normalized spacial score (nSPS) is 10.9. The molecule has 23 heavy (non-hydrogen) atoms. The summed E-state index contributed by atoms with van der Waals surface area (Å²) in [5, 5.41) is 0. The summed E-state index contributed by atoms with van der Waals surface area (Å²) in [6.45, 7) is 5.58. The minimum atomic E-state index is -0.924. The van der Waals surface area contributed by atoms with Crippen LogP contribution in [0.1, 0.15) is 37.6 Å². The summed E-state index contributed by atoms with van der Waals surface area (Å²) in [6.07, 6.45) is 0.119. The first-order chi connectivity index (χ1) is 10.8. The lowest BCUT2D eigenvalue weighted by Crippen LogP contribution is -2.24. The van der Waals surface area contributed by atoms with E-state index >= 15 is 0 Å². The molecule has 0 unspecified atom stereocenters. The van der Waals surface area contributed by atoms with Crippen molar-refractivity contribution < 1.29 is 28.6 Å². The molecule has 0 aliphatic rings. The molecule has 0 amide bonds. The topological polar surface area (TPSA) is 78.9 Å². The third-order valence-electron chi connectivity index (χ3n) is 2.55. The molecule has 0 fully saturated rings. The molecular formula is C17H22O6. The summed E-state index contributed by atoms with van der Waals surface area (Å²) in [6, 6.07) is 8.17. The van der Waals surface area contributed by atoms with E-state index in [4.69, 9.17) is 14.2 Å². The van der Waals surface area contributed by atoms with Gasteiger partial charge in [0.1, 0.15) is 12.2 Å². The van der Waals surface area contributed by atoms with Gasteiger partial charge in [-0.25, -0.2) is 4.79 Å². The highest BCUT2D eigenvalue weighted by Gasteiger charge is 2.17. The Morgan fingerprint density at radius 3 is 2.22 bits per heavy atom. The molecule has 0 aliphatic heterocycles. The Hall–Kier alpha value is -2.21. The fourth-order valence-electron chi connectivity index (χ4n) is 1.62. The third-order valence-corrected chi connectivity index (χ3v) is 2.55. The number of esters is 2. The van der Waals surface area contributed by atoms with Crippen LogP contribution in [0.3, 0.4) is 0 Å². The van der Waals surface area contributed by atoms with Gasteiger partial charge in [-0.3, -0.25) is 9.59 Å². The Morgan fingerprint density at radius 2 is 1.61 bits per heavy atom. The van der Waals surface area contributed by atoms with Crippen molar-refractivity contribution in [1.82, 2.24) is 0 Å². The molecule has 0 saturated heterocycles. The lowest BCUT2D eigenvalue weighted by molar-refractivity contribution is -0.156. The summed E-state index contributed by atoms with van der Waals surface area (Å²) in [7, 11) is 0. The molecule has 0 saturated carbocycles. The Balaban J connectivity index is 2.14. The SMILES string of the molecule is CC(C)(C)OC(=O)CCOCCOC(=O)C(=O)c1ccccc1. The fraction of sp³-hybridized carbons (Fsp3) is 0.471. The first-order valence-corrected chi connectivity index (χ1v) is 7.36. The molecule has 6 nitrogen and oxygen atoms in total. The van der Waals surface area contributed by atoms with Crippen LogP contribution in [-0.4, -0.2) is 43.1 Å². The largest absolute Gasteiger partial charge is 0.460 e. The smallest absolute Gasteiger partial charge is 0.379 e. The van der Waals surface area contributed by atoms with Gasteiger partial charge >= 0.3 is 11.9 Å². The molecule has 1 aromatic carbocycles. The molecule has 0 spiro atoms. The molecular weight excluding hydrogens is 300 g/mol. The van der Waals surface area contributed by atoms with E-state index in [1.54, 1.807) is 51.1 Å². The standard InChI is InChI=1S/C17H22O6/c1-17(2,3)23-14(18)9-10-21-11-12-22-16(20)15(19)13-7-5-4-6-8-13/h4-8H,9-12H2,1-3H3. The molecule has 0 bridgehead atoms. The van der Waals surface area contributed by atoms with E-state index in [0.29, 0.717) is 0 Å². The molecule has 1 rings (SSSR count). The highest BCUT2D eigenvalue weighted by atomic mass is 16.6. The molecule has 0 aromatic heterocycles. The van der Waals surface area contributed by atoms with Gasteiger partial charge in [0.2, 0.25) is 0 Å². The van der Waals surface area contributed by atoms with Crippen molar-refractivity contribution in [2.45, 2.75) is 32.8 Å². The number of carbonyl (C=O) groups is 3. The maximum atomic E-state index is 11.7. The van der Waals surface area contributed by atoms with Crippen molar-refractivity contribution in [2.24, 2.45) is 0 Å². The van der Waals surface area contributed by atoms with E-state index < -0.39 is 17.4 Å². The van der Waals surface area contributed by atoms with E-state index in [1.165, 1.54) is 0 Å². The van der Waals surface area contributed by atoms with Crippen LogP contribution in [0.4, 0.5) is 0 Å². The van der Waals surface area contributed by atoms with Crippen LogP contribution in [0.15, 0.2) is 30.3 Å². The van der Waals surface area contributed by atoms with Gasteiger partial charge in [0.05, 0.1) is 19.6 Å². The van der Waals surface area contributed by atoms with Gasteiger partial charge < -0.3 is 14.2 Å². The van der Waals surface area contributed by atoms with Crippen molar-refractivity contribution in [3.05, 3.63) is 35.9 Å². The number of ether oxygens (including phenoxy) is 3. The van der Waals surface area contributed by atoms with E-state index in [0.717, 1.165) is 0 Å². The zero-order chi connectivity index (χ0) is 17.3. The van der Waals surface area contributed by atoms with Gasteiger partial charge in [-0.1, -0.05) is 30.3 Å². The van der Waals surface area contributed by atoms with Gasteiger partial charge in [0, 0.05) is 5.56 Å². The molecule has 1 aromatic rings. The second-order valence-electron chi connectivity index (χ2n) is 5.78. The predicted molar refractivity (Wildman–Crippen MR) is 83.0 cm³/mol. The van der Waals surface area contributed by atoms with Crippen molar-refractivity contribution in [2.75, 3.05) is 19.8 Å². The zero-order valence-electron chi connectivity index (χ0n) is 13.7. The summed E-state index contributed by atoms with van der Waals surface area (Å²) >= 11 is 0. The van der Waals surface area contributed by atoms with E-state index in [-0.39, 0.29) is 37.8 Å². The first kappa shape index (κ1) is 18.8. The first-order valence-electron chi connectivity index (χ1n) is 7.36. The Kier molecular flexibility index (Phi) is 7.41. The lowest BCUT2D eigenvalue weighted by Gasteiger charge is -2.19. The second kappa shape index (κ2) is 9.05. The Labute approximate surface area is 135 Å². The highest BCUT2D eigenvalue weighted by molar-refractivity contribution is 6.40. The summed E-state index contributed by atoms with van der Waals surface area (Å²) in [4.78, 5) is 34.7. The second-order valence-corrected chi connectivity index (χ2v) is 5.78. The van der Waals surface area contributed by atoms with E-state index in [9.17, 15) is 14.4 Å². The van der Waals surface area contributed by atoms with Gasteiger partial charge in [-0.05, 0) is 20.8 Å². The molecule has 0 N–H and O–H groups in total. The Bertz CT molecular complexity index is 530. The number of benzene rings is 1. The number of hydrogen-bond donors (Lipinski definition) is 0. The number of Topliss-reactive ketones (excluding diaryl/α,β-unsaturated/α-hetero) is 1. The van der Waals surface area contributed by atoms with E-state index in [2.05, 4.69) is 0 Å². The third kappa shape index (κ3) is 8.11. The van der Waals surface area contributed by atoms with Crippen LogP contribution in [0.2, 0.25) is 0 Å².